The predicted octanol–water partition coefficient (Wildman–Crippen LogP) is 0.678. The van der Waals surface area contributed by atoms with Crippen molar-refractivity contribution in [1.29, 1.82) is 0 Å². The number of hydrogen-bond acceptors (Lipinski definition) is 7. The van der Waals surface area contributed by atoms with E-state index in [-0.39, 0.29) is 0 Å². The summed E-state index contributed by atoms with van der Waals surface area (Å²) in [4.78, 5) is 8.49. The Morgan fingerprint density at radius 3 is 3.00 bits per heavy atom. The largest absolute Gasteiger partial charge is 0.337 e. The molecule has 9 nitrogen and oxygen atoms in total. The Bertz CT molecular complexity index is 742. The van der Waals surface area contributed by atoms with E-state index in [0.29, 0.717) is 17.4 Å². The van der Waals surface area contributed by atoms with Crippen molar-refractivity contribution in [2.45, 2.75) is 13.3 Å². The molecule has 104 valence electrons. The number of H-pyrrole nitrogens is 1. The van der Waals surface area contributed by atoms with E-state index in [2.05, 4.69) is 36.0 Å². The molecule has 0 atom stereocenters. The molecule has 0 amide bonds. The third kappa shape index (κ3) is 2.03. The maximum atomic E-state index is 5.38. The number of hydrogen-bond donors (Lipinski definition) is 4. The lowest BCUT2D eigenvalue weighted by Gasteiger charge is -2.07. The van der Waals surface area contributed by atoms with Crippen LogP contribution in [0.5, 0.6) is 0 Å². The number of aryl methyl sites for hydroxylation is 2. The SMILES string of the molecule is CCc1nn(C)cc1Nc1nc(NN)nc2[nH]ncc12. The molecule has 0 bridgehead atoms. The van der Waals surface area contributed by atoms with Crippen LogP contribution < -0.4 is 16.6 Å². The van der Waals surface area contributed by atoms with Crippen LogP contribution in [0.15, 0.2) is 12.4 Å². The van der Waals surface area contributed by atoms with Crippen LogP contribution in [-0.2, 0) is 13.5 Å². The van der Waals surface area contributed by atoms with Crippen LogP contribution in [0.25, 0.3) is 11.0 Å². The van der Waals surface area contributed by atoms with Gasteiger partial charge in [-0.15, -0.1) is 0 Å². The van der Waals surface area contributed by atoms with Crippen LogP contribution in [0, 0.1) is 0 Å². The van der Waals surface area contributed by atoms with Crippen LogP contribution >= 0.6 is 0 Å². The van der Waals surface area contributed by atoms with E-state index in [1.54, 1.807) is 10.9 Å². The van der Waals surface area contributed by atoms with E-state index in [0.717, 1.165) is 23.2 Å². The molecule has 0 aliphatic rings. The van der Waals surface area contributed by atoms with Crippen molar-refractivity contribution in [3.05, 3.63) is 18.1 Å². The number of rotatable bonds is 4. The zero-order valence-electron chi connectivity index (χ0n) is 11.2. The first-order chi connectivity index (χ1) is 9.71. The summed E-state index contributed by atoms with van der Waals surface area (Å²) in [5.74, 6) is 6.31. The third-order valence-corrected chi connectivity index (χ3v) is 2.93. The molecule has 9 heteroatoms. The molecule has 3 heterocycles. The molecular formula is C11H15N9. The average molecular weight is 273 g/mol. The summed E-state index contributed by atoms with van der Waals surface area (Å²) in [6.07, 6.45) is 4.40. The lowest BCUT2D eigenvalue weighted by atomic mass is 10.3. The minimum Gasteiger partial charge on any atom is -0.337 e. The highest BCUT2D eigenvalue weighted by atomic mass is 15.3. The second kappa shape index (κ2) is 4.78. The van der Waals surface area contributed by atoms with E-state index in [9.17, 15) is 0 Å². The van der Waals surface area contributed by atoms with Gasteiger partial charge in [-0.25, -0.2) is 5.84 Å². The molecule has 0 aromatic carbocycles. The van der Waals surface area contributed by atoms with Crippen LogP contribution in [0.2, 0.25) is 0 Å². The van der Waals surface area contributed by atoms with Crippen molar-refractivity contribution in [3.63, 3.8) is 0 Å². The van der Waals surface area contributed by atoms with Crippen LogP contribution in [0.4, 0.5) is 17.5 Å². The molecule has 5 N–H and O–H groups in total. The number of nitrogen functional groups attached to an aromatic ring is 1. The van der Waals surface area contributed by atoms with Crippen molar-refractivity contribution in [3.8, 4) is 0 Å². The first-order valence-corrected chi connectivity index (χ1v) is 6.18. The van der Waals surface area contributed by atoms with Gasteiger partial charge in [-0.2, -0.15) is 20.2 Å². The molecule has 0 spiro atoms. The van der Waals surface area contributed by atoms with Gasteiger partial charge in [0, 0.05) is 13.2 Å². The highest BCUT2D eigenvalue weighted by Crippen LogP contribution is 2.25. The summed E-state index contributed by atoms with van der Waals surface area (Å²) < 4.78 is 1.76. The Morgan fingerprint density at radius 1 is 1.40 bits per heavy atom. The lowest BCUT2D eigenvalue weighted by Crippen LogP contribution is -2.11. The summed E-state index contributed by atoms with van der Waals surface area (Å²) in [5, 5.41) is 15.2. The smallest absolute Gasteiger partial charge is 0.241 e. The second-order valence-electron chi connectivity index (χ2n) is 4.31. The monoisotopic (exact) mass is 273 g/mol. The summed E-state index contributed by atoms with van der Waals surface area (Å²) in [6.45, 7) is 2.05. The Morgan fingerprint density at radius 2 is 2.25 bits per heavy atom. The molecule has 3 rings (SSSR count). The first-order valence-electron chi connectivity index (χ1n) is 6.18. The summed E-state index contributed by atoms with van der Waals surface area (Å²) >= 11 is 0. The molecule has 0 aliphatic heterocycles. The van der Waals surface area contributed by atoms with Gasteiger partial charge < -0.3 is 5.32 Å². The fraction of sp³-hybridized carbons (Fsp3) is 0.273. The van der Waals surface area contributed by atoms with Crippen molar-refractivity contribution < 1.29 is 0 Å². The normalized spacial score (nSPS) is 10.9. The molecule has 0 saturated heterocycles. The highest BCUT2D eigenvalue weighted by molar-refractivity contribution is 5.89. The Kier molecular flexibility index (Phi) is 2.95. The minimum atomic E-state index is 0.311. The Balaban J connectivity index is 2.07. The zero-order valence-corrected chi connectivity index (χ0v) is 11.2. The molecule has 0 radical (unpaired) electrons. The van der Waals surface area contributed by atoms with Gasteiger partial charge in [-0.05, 0) is 6.42 Å². The van der Waals surface area contributed by atoms with Crippen LogP contribution in [0.1, 0.15) is 12.6 Å². The van der Waals surface area contributed by atoms with Gasteiger partial charge in [-0.1, -0.05) is 6.92 Å². The van der Waals surface area contributed by atoms with Gasteiger partial charge in [0.2, 0.25) is 5.95 Å². The maximum Gasteiger partial charge on any atom is 0.241 e. The van der Waals surface area contributed by atoms with Crippen molar-refractivity contribution in [2.75, 3.05) is 10.7 Å². The van der Waals surface area contributed by atoms with Crippen LogP contribution in [-0.4, -0.2) is 29.9 Å². The molecule has 0 unspecified atom stereocenters. The number of nitrogens with zero attached hydrogens (tertiary/aromatic N) is 5. The number of nitrogens with two attached hydrogens (primary N) is 1. The molecular weight excluding hydrogens is 258 g/mol. The number of anilines is 3. The fourth-order valence-corrected chi connectivity index (χ4v) is 2.02. The van der Waals surface area contributed by atoms with Gasteiger partial charge in [0.1, 0.15) is 5.82 Å². The number of hydrazine groups is 1. The summed E-state index contributed by atoms with van der Waals surface area (Å²) in [5.41, 5.74) is 4.91. The lowest BCUT2D eigenvalue weighted by molar-refractivity contribution is 0.746. The van der Waals surface area contributed by atoms with Gasteiger partial charge in [-0.3, -0.25) is 15.2 Å². The molecule has 0 fully saturated rings. The fourth-order valence-electron chi connectivity index (χ4n) is 2.02. The molecule has 0 aliphatic carbocycles. The Hall–Kier alpha value is -2.68. The van der Waals surface area contributed by atoms with E-state index >= 15 is 0 Å². The van der Waals surface area contributed by atoms with Gasteiger partial charge >= 0.3 is 0 Å². The standard InChI is InChI=1S/C11H15N9/c1-3-7-8(5-20(2)19-7)14-9-6-4-13-18-10(6)16-11(15-9)17-12/h4-5H,3,12H2,1-2H3,(H3,13,14,15,16,17,18). The average Bonchev–Trinajstić information content (AvgIpc) is 3.04. The summed E-state index contributed by atoms with van der Waals surface area (Å²) in [7, 11) is 1.88. The zero-order chi connectivity index (χ0) is 14.1. The minimum absolute atomic E-state index is 0.311. The topological polar surface area (TPSA) is 122 Å². The number of aromatic nitrogens is 6. The van der Waals surface area contributed by atoms with Gasteiger partial charge in [0.15, 0.2) is 5.65 Å². The van der Waals surface area contributed by atoms with E-state index < -0.39 is 0 Å². The van der Waals surface area contributed by atoms with Crippen molar-refractivity contribution in [2.24, 2.45) is 12.9 Å². The Labute approximate surface area is 114 Å². The highest BCUT2D eigenvalue weighted by Gasteiger charge is 2.12. The van der Waals surface area contributed by atoms with Crippen molar-refractivity contribution in [1.82, 2.24) is 29.9 Å². The number of aromatic amines is 1. The third-order valence-electron chi connectivity index (χ3n) is 2.93. The molecule has 20 heavy (non-hydrogen) atoms. The van der Waals surface area contributed by atoms with Gasteiger partial charge in [0.05, 0.1) is 23.0 Å². The van der Waals surface area contributed by atoms with Crippen LogP contribution in [0.3, 0.4) is 0 Å². The second-order valence-corrected chi connectivity index (χ2v) is 4.31. The maximum absolute atomic E-state index is 5.38. The quantitative estimate of drug-likeness (QED) is 0.407. The van der Waals surface area contributed by atoms with Crippen molar-refractivity contribution >= 4 is 28.5 Å². The van der Waals surface area contributed by atoms with E-state index in [1.165, 1.54) is 0 Å². The number of fused-ring (bicyclic) bond motifs is 1. The molecule has 0 saturated carbocycles. The molecule has 3 aromatic heterocycles. The van der Waals surface area contributed by atoms with E-state index in [1.807, 2.05) is 20.2 Å². The summed E-state index contributed by atoms with van der Waals surface area (Å²) in [6, 6.07) is 0. The molecule has 3 aromatic rings. The number of nitrogens with one attached hydrogen (secondary N) is 3. The van der Waals surface area contributed by atoms with Gasteiger partial charge in [0.25, 0.3) is 0 Å². The van der Waals surface area contributed by atoms with E-state index in [4.69, 9.17) is 5.84 Å². The first kappa shape index (κ1) is 12.4. The predicted molar refractivity (Wildman–Crippen MR) is 75.4 cm³/mol.